The molecule has 0 radical (unpaired) electrons. The van der Waals surface area contributed by atoms with E-state index in [0.717, 1.165) is 19.5 Å². The number of nitrogens with zero attached hydrogens (tertiary/aromatic N) is 1. The normalized spacial score (nSPS) is 22.9. The van der Waals surface area contributed by atoms with E-state index in [0.29, 0.717) is 24.1 Å². The molecule has 2 heterocycles. The average molecular weight is 327 g/mol. The molecule has 0 spiro atoms. The summed E-state index contributed by atoms with van der Waals surface area (Å²) < 4.78 is 4.63. The van der Waals surface area contributed by atoms with Crippen molar-refractivity contribution in [3.05, 3.63) is 29.3 Å². The van der Waals surface area contributed by atoms with Crippen LogP contribution in [0.4, 0.5) is 0 Å². The maximum Gasteiger partial charge on any atom is 0.338 e. The third-order valence-corrected chi connectivity index (χ3v) is 4.24. The molecule has 1 aromatic rings. The van der Waals surface area contributed by atoms with Crippen molar-refractivity contribution < 1.29 is 19.4 Å². The molecule has 2 fully saturated rings. The van der Waals surface area contributed by atoms with Gasteiger partial charge in [-0.1, -0.05) is 0 Å². The number of likely N-dealkylation sites (tertiary alicyclic amines) is 1. The Labute approximate surface area is 134 Å². The predicted octanol–water partition coefficient (Wildman–Crippen LogP) is 1.03. The summed E-state index contributed by atoms with van der Waals surface area (Å²) >= 11 is 0. The first kappa shape index (κ1) is 16.6. The van der Waals surface area contributed by atoms with Gasteiger partial charge in [-0.25, -0.2) is 4.79 Å². The van der Waals surface area contributed by atoms with Crippen LogP contribution >= 0.6 is 12.4 Å². The van der Waals surface area contributed by atoms with Gasteiger partial charge < -0.3 is 20.1 Å². The Morgan fingerprint density at radius 1 is 1.27 bits per heavy atom. The highest BCUT2D eigenvalue weighted by molar-refractivity contribution is 5.98. The Morgan fingerprint density at radius 2 is 2.00 bits per heavy atom. The van der Waals surface area contributed by atoms with Crippen LogP contribution in [0.5, 0.6) is 5.75 Å². The summed E-state index contributed by atoms with van der Waals surface area (Å²) in [5.41, 5.74) is 0.494. The molecular weight excluding hydrogens is 308 g/mol. The number of hydrogen-bond acceptors (Lipinski definition) is 5. The third-order valence-electron chi connectivity index (χ3n) is 4.24. The molecule has 0 aromatic heterocycles. The number of aromatic hydroxyl groups is 1. The Hall–Kier alpha value is -1.79. The standard InChI is InChI=1S/C15H18N2O4.ClH/c1-21-15(20)11-4-10(5-12(18)6-11)14(19)17-7-9-2-3-16-13(9)8-17;/h4-6,9,13,16,18H,2-3,7-8H2,1H3;1H/t9-,13+;/m0./s1. The summed E-state index contributed by atoms with van der Waals surface area (Å²) in [6, 6.07) is 4.51. The van der Waals surface area contributed by atoms with Crippen LogP contribution in [-0.2, 0) is 4.74 Å². The first-order chi connectivity index (χ1) is 10.1. The maximum atomic E-state index is 12.5. The number of esters is 1. The lowest BCUT2D eigenvalue weighted by molar-refractivity contribution is 0.0600. The Kier molecular flexibility index (Phi) is 4.93. The number of fused-ring (bicyclic) bond motifs is 1. The first-order valence-corrected chi connectivity index (χ1v) is 7.03. The Bertz CT molecular complexity index is 581. The summed E-state index contributed by atoms with van der Waals surface area (Å²) in [7, 11) is 1.27. The van der Waals surface area contributed by atoms with Gasteiger partial charge in [0.05, 0.1) is 12.7 Å². The zero-order valence-electron chi connectivity index (χ0n) is 12.2. The van der Waals surface area contributed by atoms with E-state index in [2.05, 4.69) is 10.1 Å². The highest BCUT2D eigenvalue weighted by Gasteiger charge is 2.38. The van der Waals surface area contributed by atoms with E-state index in [1.165, 1.54) is 25.3 Å². The topological polar surface area (TPSA) is 78.9 Å². The summed E-state index contributed by atoms with van der Waals surface area (Å²) in [6.45, 7) is 2.41. The van der Waals surface area contributed by atoms with Crippen molar-refractivity contribution in [3.63, 3.8) is 0 Å². The lowest BCUT2D eigenvalue weighted by Gasteiger charge is -2.18. The second-order valence-corrected chi connectivity index (χ2v) is 5.58. The van der Waals surface area contributed by atoms with Crippen LogP contribution in [0.3, 0.4) is 0 Å². The van der Waals surface area contributed by atoms with Gasteiger partial charge in [0, 0.05) is 24.7 Å². The SMILES string of the molecule is COC(=O)c1cc(O)cc(C(=O)N2C[C@@H]3CCN[C@@H]3C2)c1.Cl. The van der Waals surface area contributed by atoms with Crippen LogP contribution in [0.2, 0.25) is 0 Å². The molecule has 2 saturated heterocycles. The number of halogens is 1. The van der Waals surface area contributed by atoms with Gasteiger partial charge in [0.25, 0.3) is 5.91 Å². The Morgan fingerprint density at radius 3 is 2.68 bits per heavy atom. The number of hydrogen-bond donors (Lipinski definition) is 2. The average Bonchev–Trinajstić information content (AvgIpc) is 3.06. The van der Waals surface area contributed by atoms with E-state index in [9.17, 15) is 14.7 Å². The van der Waals surface area contributed by atoms with Gasteiger partial charge >= 0.3 is 5.97 Å². The molecule has 0 saturated carbocycles. The van der Waals surface area contributed by atoms with E-state index >= 15 is 0 Å². The molecular formula is C15H19ClN2O4. The number of carbonyl (C=O) groups is 2. The number of phenols is 1. The molecule has 22 heavy (non-hydrogen) atoms. The molecule has 0 unspecified atom stereocenters. The fourth-order valence-electron chi connectivity index (χ4n) is 3.17. The van der Waals surface area contributed by atoms with Crippen molar-refractivity contribution in [1.29, 1.82) is 0 Å². The number of rotatable bonds is 2. The molecule has 2 atom stereocenters. The molecule has 7 heteroatoms. The zero-order chi connectivity index (χ0) is 15.0. The number of amides is 1. The number of methoxy groups -OCH3 is 1. The Balaban J connectivity index is 0.00000176. The minimum atomic E-state index is -0.570. The number of carbonyl (C=O) groups excluding carboxylic acids is 2. The summed E-state index contributed by atoms with van der Waals surface area (Å²) in [5.74, 6) is -0.336. The van der Waals surface area contributed by atoms with E-state index < -0.39 is 5.97 Å². The van der Waals surface area contributed by atoms with Crippen LogP contribution in [0.15, 0.2) is 18.2 Å². The zero-order valence-corrected chi connectivity index (χ0v) is 13.1. The lowest BCUT2D eigenvalue weighted by atomic mass is 10.1. The predicted molar refractivity (Wildman–Crippen MR) is 82.5 cm³/mol. The van der Waals surface area contributed by atoms with Gasteiger partial charge in [-0.15, -0.1) is 12.4 Å². The van der Waals surface area contributed by atoms with Crippen LogP contribution in [-0.4, -0.2) is 54.7 Å². The quantitative estimate of drug-likeness (QED) is 0.794. The summed E-state index contributed by atoms with van der Waals surface area (Å²) in [5, 5.41) is 13.1. The fraction of sp³-hybridized carbons (Fsp3) is 0.467. The minimum Gasteiger partial charge on any atom is -0.508 e. The summed E-state index contributed by atoms with van der Waals surface area (Å²) in [4.78, 5) is 25.9. The first-order valence-electron chi connectivity index (χ1n) is 7.03. The molecule has 2 aliphatic heterocycles. The molecule has 1 amide bonds. The van der Waals surface area contributed by atoms with Crippen LogP contribution in [0.25, 0.3) is 0 Å². The molecule has 1 aromatic carbocycles. The van der Waals surface area contributed by atoms with Gasteiger partial charge in [-0.3, -0.25) is 4.79 Å². The van der Waals surface area contributed by atoms with Gasteiger partial charge in [-0.05, 0) is 37.1 Å². The highest BCUT2D eigenvalue weighted by atomic mass is 35.5. The molecule has 2 aliphatic rings. The molecule has 3 rings (SSSR count). The molecule has 0 aliphatic carbocycles. The van der Waals surface area contributed by atoms with Crippen LogP contribution < -0.4 is 5.32 Å². The van der Waals surface area contributed by atoms with Gasteiger partial charge in [0.1, 0.15) is 5.75 Å². The van der Waals surface area contributed by atoms with Gasteiger partial charge in [-0.2, -0.15) is 0 Å². The number of benzene rings is 1. The van der Waals surface area contributed by atoms with Gasteiger partial charge in [0.2, 0.25) is 0 Å². The van der Waals surface area contributed by atoms with E-state index in [1.54, 1.807) is 4.90 Å². The van der Waals surface area contributed by atoms with E-state index in [-0.39, 0.29) is 29.6 Å². The summed E-state index contributed by atoms with van der Waals surface area (Å²) in [6.07, 6.45) is 1.09. The highest BCUT2D eigenvalue weighted by Crippen LogP contribution is 2.27. The second kappa shape index (κ2) is 6.54. The molecule has 2 N–H and O–H groups in total. The largest absolute Gasteiger partial charge is 0.508 e. The van der Waals surface area contributed by atoms with E-state index in [4.69, 9.17) is 0 Å². The lowest BCUT2D eigenvalue weighted by Crippen LogP contribution is -2.34. The number of ether oxygens (including phenoxy) is 1. The van der Waals surface area contributed by atoms with Crippen molar-refractivity contribution in [3.8, 4) is 5.75 Å². The molecule has 0 bridgehead atoms. The van der Waals surface area contributed by atoms with Crippen molar-refractivity contribution >= 4 is 24.3 Å². The molecule has 120 valence electrons. The van der Waals surface area contributed by atoms with Crippen LogP contribution in [0, 0.1) is 5.92 Å². The second-order valence-electron chi connectivity index (χ2n) is 5.58. The smallest absolute Gasteiger partial charge is 0.338 e. The maximum absolute atomic E-state index is 12.5. The monoisotopic (exact) mass is 326 g/mol. The van der Waals surface area contributed by atoms with Crippen LogP contribution in [0.1, 0.15) is 27.1 Å². The number of nitrogens with one attached hydrogen (secondary N) is 1. The van der Waals surface area contributed by atoms with E-state index in [1.807, 2.05) is 0 Å². The fourth-order valence-corrected chi connectivity index (χ4v) is 3.17. The molecule has 6 nitrogen and oxygen atoms in total. The van der Waals surface area contributed by atoms with Crippen molar-refractivity contribution in [1.82, 2.24) is 10.2 Å². The number of phenolic OH excluding ortho intramolecular Hbond substituents is 1. The van der Waals surface area contributed by atoms with Crippen molar-refractivity contribution in [2.24, 2.45) is 5.92 Å². The minimum absolute atomic E-state index is 0. The van der Waals surface area contributed by atoms with Gasteiger partial charge in [0.15, 0.2) is 0 Å². The van der Waals surface area contributed by atoms with Crippen molar-refractivity contribution in [2.45, 2.75) is 12.5 Å². The van der Waals surface area contributed by atoms with Crippen molar-refractivity contribution in [2.75, 3.05) is 26.7 Å². The third kappa shape index (κ3) is 3.03.